The summed E-state index contributed by atoms with van der Waals surface area (Å²) in [4.78, 5) is 14.3. The summed E-state index contributed by atoms with van der Waals surface area (Å²) in [5.74, 6) is 0. The van der Waals surface area contributed by atoms with Gasteiger partial charge in [-0.15, -0.1) is 0 Å². The van der Waals surface area contributed by atoms with Crippen molar-refractivity contribution in [2.45, 2.75) is 44.2 Å². The fourth-order valence-corrected chi connectivity index (χ4v) is 2.03. The first-order valence-corrected chi connectivity index (χ1v) is 6.03. The second-order valence-electron chi connectivity index (χ2n) is 4.82. The Morgan fingerprint density at radius 3 is 2.53 bits per heavy atom. The molecule has 0 amide bonds. The van der Waals surface area contributed by atoms with Gasteiger partial charge in [-0.2, -0.15) is 4.99 Å². The molecule has 1 aliphatic rings. The molecule has 1 saturated carbocycles. The summed E-state index contributed by atoms with van der Waals surface area (Å²) in [6, 6.07) is 8.17. The summed E-state index contributed by atoms with van der Waals surface area (Å²) in [5, 5.41) is 9.22. The Labute approximate surface area is 101 Å². The van der Waals surface area contributed by atoms with Gasteiger partial charge < -0.3 is 5.11 Å². The Hall–Kier alpha value is -1.44. The molecule has 90 valence electrons. The van der Waals surface area contributed by atoms with Gasteiger partial charge in [0.25, 0.3) is 0 Å². The highest BCUT2D eigenvalue weighted by Crippen LogP contribution is 2.49. The maximum atomic E-state index is 10.4. The van der Waals surface area contributed by atoms with E-state index in [-0.39, 0.29) is 11.6 Å². The van der Waals surface area contributed by atoms with Crippen LogP contribution in [0.2, 0.25) is 0 Å². The highest BCUT2D eigenvalue weighted by atomic mass is 16.3. The fourth-order valence-electron chi connectivity index (χ4n) is 2.03. The summed E-state index contributed by atoms with van der Waals surface area (Å²) >= 11 is 0. The van der Waals surface area contributed by atoms with E-state index in [9.17, 15) is 9.90 Å². The van der Waals surface area contributed by atoms with Crippen molar-refractivity contribution in [1.29, 1.82) is 0 Å². The first-order valence-electron chi connectivity index (χ1n) is 6.03. The van der Waals surface area contributed by atoms with E-state index in [1.54, 1.807) is 13.0 Å². The van der Waals surface area contributed by atoms with Gasteiger partial charge in [-0.1, -0.05) is 24.3 Å². The van der Waals surface area contributed by atoms with Crippen LogP contribution in [-0.2, 0) is 16.8 Å². The van der Waals surface area contributed by atoms with Crippen LogP contribution in [-0.4, -0.2) is 17.3 Å². The molecule has 1 atom stereocenters. The molecule has 1 aromatic carbocycles. The van der Waals surface area contributed by atoms with E-state index in [1.165, 1.54) is 5.56 Å². The lowest BCUT2D eigenvalue weighted by Gasteiger charge is -2.09. The van der Waals surface area contributed by atoms with Crippen molar-refractivity contribution < 1.29 is 9.90 Å². The Morgan fingerprint density at radius 2 is 2.06 bits per heavy atom. The number of nitrogens with zero attached hydrogens (tertiary/aromatic N) is 1. The number of aryl methyl sites for hydroxylation is 1. The minimum atomic E-state index is -0.273. The SMILES string of the molecule is CC(O)CCc1ccc(C2(N=C=O)CC2)cc1. The zero-order chi connectivity index (χ0) is 12.3. The normalized spacial score (nSPS) is 18.2. The maximum Gasteiger partial charge on any atom is 0.235 e. The van der Waals surface area contributed by atoms with Gasteiger partial charge in [-0.3, -0.25) is 0 Å². The number of hydrogen-bond acceptors (Lipinski definition) is 3. The number of aliphatic hydroxyl groups excluding tert-OH is 1. The summed E-state index contributed by atoms with van der Waals surface area (Å²) in [5.41, 5.74) is 2.03. The third-order valence-electron chi connectivity index (χ3n) is 3.33. The quantitative estimate of drug-likeness (QED) is 0.624. The minimum Gasteiger partial charge on any atom is -0.393 e. The Bertz CT molecular complexity index is 426. The average molecular weight is 231 g/mol. The van der Waals surface area contributed by atoms with Crippen molar-refractivity contribution in [3.05, 3.63) is 35.4 Å². The van der Waals surface area contributed by atoms with Gasteiger partial charge in [0, 0.05) is 0 Å². The van der Waals surface area contributed by atoms with E-state index < -0.39 is 0 Å². The molecule has 2 rings (SSSR count). The number of rotatable bonds is 5. The molecule has 1 fully saturated rings. The fraction of sp³-hybridized carbons (Fsp3) is 0.500. The lowest BCUT2D eigenvalue weighted by atomic mass is 10.0. The molecule has 3 heteroatoms. The summed E-state index contributed by atoms with van der Waals surface area (Å²) in [6.07, 6.45) is 4.94. The third-order valence-corrected chi connectivity index (χ3v) is 3.33. The van der Waals surface area contributed by atoms with E-state index in [0.717, 1.165) is 31.2 Å². The maximum absolute atomic E-state index is 10.4. The second-order valence-corrected chi connectivity index (χ2v) is 4.82. The molecule has 1 N–H and O–H groups in total. The number of aliphatic hydroxyl groups is 1. The second kappa shape index (κ2) is 4.82. The van der Waals surface area contributed by atoms with Gasteiger partial charge in [-0.25, -0.2) is 4.79 Å². The molecule has 1 aromatic rings. The van der Waals surface area contributed by atoms with E-state index in [1.807, 2.05) is 12.1 Å². The van der Waals surface area contributed by atoms with Gasteiger partial charge in [0.1, 0.15) is 0 Å². The van der Waals surface area contributed by atoms with Gasteiger partial charge >= 0.3 is 0 Å². The van der Waals surface area contributed by atoms with Gasteiger partial charge in [0.2, 0.25) is 6.08 Å². The summed E-state index contributed by atoms with van der Waals surface area (Å²) < 4.78 is 0. The van der Waals surface area contributed by atoms with Crippen LogP contribution < -0.4 is 0 Å². The topological polar surface area (TPSA) is 49.7 Å². The lowest BCUT2D eigenvalue weighted by molar-refractivity contribution is 0.185. The van der Waals surface area contributed by atoms with Crippen molar-refractivity contribution >= 4 is 6.08 Å². The van der Waals surface area contributed by atoms with Crippen molar-refractivity contribution in [2.75, 3.05) is 0 Å². The van der Waals surface area contributed by atoms with Crippen molar-refractivity contribution in [3.63, 3.8) is 0 Å². The number of isocyanates is 1. The molecule has 0 radical (unpaired) electrons. The van der Waals surface area contributed by atoms with Crippen molar-refractivity contribution in [2.24, 2.45) is 4.99 Å². The van der Waals surface area contributed by atoms with Crippen LogP contribution >= 0.6 is 0 Å². The van der Waals surface area contributed by atoms with Crippen molar-refractivity contribution in [3.8, 4) is 0 Å². The first kappa shape index (κ1) is 12.0. The smallest absolute Gasteiger partial charge is 0.235 e. The van der Waals surface area contributed by atoms with Crippen LogP contribution in [0.4, 0.5) is 0 Å². The zero-order valence-electron chi connectivity index (χ0n) is 10.0. The number of hydrogen-bond donors (Lipinski definition) is 1. The van der Waals surface area contributed by atoms with E-state index >= 15 is 0 Å². The van der Waals surface area contributed by atoms with Crippen LogP contribution in [0.1, 0.15) is 37.3 Å². The predicted octanol–water partition coefficient (Wildman–Crippen LogP) is 2.32. The number of carbonyl (C=O) groups excluding carboxylic acids is 1. The standard InChI is InChI=1S/C14H17NO2/c1-11(17)2-3-12-4-6-13(7-5-12)14(8-9-14)15-10-16/h4-7,11,17H,2-3,8-9H2,1H3. The molecule has 17 heavy (non-hydrogen) atoms. The van der Waals surface area contributed by atoms with E-state index in [2.05, 4.69) is 17.1 Å². The lowest BCUT2D eigenvalue weighted by Crippen LogP contribution is -2.04. The molecular weight excluding hydrogens is 214 g/mol. The van der Waals surface area contributed by atoms with Gasteiger partial charge in [0.15, 0.2) is 0 Å². The Kier molecular flexibility index (Phi) is 3.41. The molecular formula is C14H17NO2. The Balaban J connectivity index is 2.06. The monoisotopic (exact) mass is 231 g/mol. The predicted molar refractivity (Wildman–Crippen MR) is 65.5 cm³/mol. The molecule has 0 heterocycles. The van der Waals surface area contributed by atoms with Crippen molar-refractivity contribution in [1.82, 2.24) is 0 Å². The van der Waals surface area contributed by atoms with Gasteiger partial charge in [0.05, 0.1) is 11.6 Å². The highest BCUT2D eigenvalue weighted by Gasteiger charge is 2.44. The van der Waals surface area contributed by atoms with Crippen LogP contribution in [0.3, 0.4) is 0 Å². The molecule has 0 saturated heterocycles. The van der Waals surface area contributed by atoms with Crippen LogP contribution in [0, 0.1) is 0 Å². The zero-order valence-corrected chi connectivity index (χ0v) is 10.0. The third kappa shape index (κ3) is 2.82. The van der Waals surface area contributed by atoms with Crippen LogP contribution in [0.25, 0.3) is 0 Å². The molecule has 1 aliphatic carbocycles. The number of aliphatic imine (C=N–C) groups is 1. The number of benzene rings is 1. The summed E-state index contributed by atoms with van der Waals surface area (Å²) in [6.45, 7) is 1.80. The Morgan fingerprint density at radius 1 is 1.41 bits per heavy atom. The first-order chi connectivity index (χ1) is 8.16. The largest absolute Gasteiger partial charge is 0.393 e. The molecule has 0 spiro atoms. The summed E-state index contributed by atoms with van der Waals surface area (Å²) in [7, 11) is 0. The molecule has 0 bridgehead atoms. The van der Waals surface area contributed by atoms with Crippen LogP contribution in [0.5, 0.6) is 0 Å². The minimum absolute atomic E-state index is 0.260. The molecule has 1 unspecified atom stereocenters. The molecule has 0 aliphatic heterocycles. The van der Waals surface area contributed by atoms with E-state index in [4.69, 9.17) is 0 Å². The van der Waals surface area contributed by atoms with Crippen LogP contribution in [0.15, 0.2) is 29.3 Å². The average Bonchev–Trinajstić information content (AvgIpc) is 3.09. The van der Waals surface area contributed by atoms with Gasteiger partial charge in [-0.05, 0) is 43.7 Å². The molecule has 0 aromatic heterocycles. The molecule has 3 nitrogen and oxygen atoms in total. The highest BCUT2D eigenvalue weighted by molar-refractivity contribution is 5.41. The van der Waals surface area contributed by atoms with E-state index in [0.29, 0.717) is 0 Å².